The molecule has 0 spiro atoms. The zero-order valence-corrected chi connectivity index (χ0v) is 34.5. The van der Waals surface area contributed by atoms with E-state index in [1.165, 1.54) is 167 Å². The molecule has 6 nitrogen and oxygen atoms in total. The van der Waals surface area contributed by atoms with Crippen LogP contribution in [0.2, 0.25) is 0 Å². The molecule has 0 aliphatic heterocycles. The lowest BCUT2D eigenvalue weighted by Crippen LogP contribution is -2.37. The Morgan fingerprint density at radius 1 is 0.490 bits per heavy atom. The molecule has 0 fully saturated rings. The van der Waals surface area contributed by atoms with Crippen LogP contribution in [0.4, 0.5) is 4.79 Å². The van der Waals surface area contributed by atoms with Crippen LogP contribution in [0.15, 0.2) is 24.3 Å². The quantitative estimate of drug-likeness (QED) is 0.0485. The monoisotopic (exact) mass is 721 g/mol. The molecule has 0 aromatic heterocycles. The molecule has 0 aliphatic carbocycles. The molecular formula is C45H88N2O4. The maximum absolute atomic E-state index is 12.2. The number of rotatable bonds is 42. The number of hydrogen-bond acceptors (Lipinski definition) is 5. The van der Waals surface area contributed by atoms with Crippen molar-refractivity contribution in [3.63, 3.8) is 0 Å². The minimum Gasteiger partial charge on any atom is -0.448 e. The Kier molecular flexibility index (Phi) is 43.6. The molecule has 6 heteroatoms. The van der Waals surface area contributed by atoms with Gasteiger partial charge >= 0.3 is 6.09 Å². The number of amides is 1. The largest absolute Gasteiger partial charge is 0.448 e. The maximum Gasteiger partial charge on any atom is 0.407 e. The second kappa shape index (κ2) is 44.8. The van der Waals surface area contributed by atoms with Crippen LogP contribution in [-0.4, -0.2) is 58.3 Å². The SMILES string of the molecule is CCCCCCCCC=CCCCCCCCCOCC(CNC(=O)OCCNCCC)OCCCCCCCCC=CCCCCCCCC. The summed E-state index contributed by atoms with van der Waals surface area (Å²) in [6.45, 7) is 11.1. The number of unbranched alkanes of at least 4 members (excludes halogenated alkanes) is 24. The van der Waals surface area contributed by atoms with E-state index in [4.69, 9.17) is 14.2 Å². The third-order valence-corrected chi connectivity index (χ3v) is 9.53. The average molecular weight is 721 g/mol. The second-order valence-electron chi connectivity index (χ2n) is 14.7. The predicted octanol–water partition coefficient (Wildman–Crippen LogP) is 13.2. The molecule has 0 aliphatic rings. The Hall–Kier alpha value is -1.37. The number of nitrogens with one attached hydrogen (secondary N) is 2. The lowest BCUT2D eigenvalue weighted by Gasteiger charge is -2.19. The highest BCUT2D eigenvalue weighted by atomic mass is 16.6. The van der Waals surface area contributed by atoms with Crippen molar-refractivity contribution < 1.29 is 19.0 Å². The first-order valence-electron chi connectivity index (χ1n) is 22.3. The Balaban J connectivity index is 3.97. The second-order valence-corrected chi connectivity index (χ2v) is 14.7. The van der Waals surface area contributed by atoms with Gasteiger partial charge in [-0.3, -0.25) is 0 Å². The molecule has 0 saturated heterocycles. The minimum atomic E-state index is -0.382. The van der Waals surface area contributed by atoms with Gasteiger partial charge in [-0.05, 0) is 77.2 Å². The van der Waals surface area contributed by atoms with E-state index in [0.717, 1.165) is 32.4 Å². The molecular weight excluding hydrogens is 633 g/mol. The molecule has 0 aromatic rings. The van der Waals surface area contributed by atoms with Crippen molar-refractivity contribution in [2.24, 2.45) is 0 Å². The molecule has 1 amide bonds. The first-order chi connectivity index (χ1) is 25.2. The zero-order valence-electron chi connectivity index (χ0n) is 34.5. The van der Waals surface area contributed by atoms with Crippen molar-refractivity contribution in [2.45, 2.75) is 213 Å². The number of hydrogen-bond donors (Lipinski definition) is 2. The number of carbonyl (C=O) groups excluding carboxylic acids is 1. The fourth-order valence-corrected chi connectivity index (χ4v) is 6.20. The van der Waals surface area contributed by atoms with Crippen LogP contribution in [0.25, 0.3) is 0 Å². The van der Waals surface area contributed by atoms with Gasteiger partial charge in [0.2, 0.25) is 0 Å². The molecule has 51 heavy (non-hydrogen) atoms. The predicted molar refractivity (Wildman–Crippen MR) is 222 cm³/mol. The van der Waals surface area contributed by atoms with Crippen LogP contribution < -0.4 is 10.6 Å². The van der Waals surface area contributed by atoms with Gasteiger partial charge in [0.25, 0.3) is 0 Å². The molecule has 0 radical (unpaired) electrons. The normalized spacial score (nSPS) is 12.4. The third kappa shape index (κ3) is 42.9. The van der Waals surface area contributed by atoms with Crippen LogP contribution in [0.3, 0.4) is 0 Å². The van der Waals surface area contributed by atoms with E-state index in [2.05, 4.69) is 55.7 Å². The molecule has 0 heterocycles. The summed E-state index contributed by atoms with van der Waals surface area (Å²) in [4.78, 5) is 12.2. The van der Waals surface area contributed by atoms with Crippen LogP contribution in [0, 0.1) is 0 Å². The Morgan fingerprint density at radius 2 is 0.922 bits per heavy atom. The van der Waals surface area contributed by atoms with E-state index in [1.54, 1.807) is 0 Å². The summed E-state index contributed by atoms with van der Waals surface area (Å²) in [5, 5.41) is 6.13. The van der Waals surface area contributed by atoms with Crippen LogP contribution in [0.1, 0.15) is 207 Å². The van der Waals surface area contributed by atoms with Crippen LogP contribution in [0.5, 0.6) is 0 Å². The molecule has 1 atom stereocenters. The molecule has 0 aromatic carbocycles. The van der Waals surface area contributed by atoms with E-state index in [1.807, 2.05) is 0 Å². The van der Waals surface area contributed by atoms with Crippen molar-refractivity contribution in [3.8, 4) is 0 Å². The van der Waals surface area contributed by atoms with E-state index < -0.39 is 0 Å². The molecule has 0 saturated carbocycles. The van der Waals surface area contributed by atoms with E-state index in [-0.39, 0.29) is 12.2 Å². The summed E-state index contributed by atoms with van der Waals surface area (Å²) in [5.74, 6) is 0. The van der Waals surface area contributed by atoms with Gasteiger partial charge in [-0.1, -0.05) is 161 Å². The third-order valence-electron chi connectivity index (χ3n) is 9.53. The zero-order chi connectivity index (χ0) is 37.0. The summed E-state index contributed by atoms with van der Waals surface area (Å²) in [6.07, 6.45) is 46.6. The molecule has 302 valence electrons. The van der Waals surface area contributed by atoms with Gasteiger partial charge in [0.1, 0.15) is 6.61 Å². The topological polar surface area (TPSA) is 68.8 Å². The van der Waals surface area contributed by atoms with Gasteiger partial charge < -0.3 is 24.8 Å². The standard InChI is InChI=1S/C45H88N2O4/c1-4-7-9-11-13-15-17-19-21-23-25-27-29-31-33-35-39-49-43-44(42-47-45(48)51-41-38-46-37-6-3)50-40-36-34-32-30-28-26-24-22-20-18-16-14-12-10-8-5-2/h19-22,44,46H,4-18,23-43H2,1-3H3,(H,47,48). The van der Waals surface area contributed by atoms with Gasteiger partial charge in [-0.25, -0.2) is 4.79 Å². The number of allylic oxidation sites excluding steroid dienone is 4. The van der Waals surface area contributed by atoms with Crippen LogP contribution in [-0.2, 0) is 14.2 Å². The summed E-state index contributed by atoms with van der Waals surface area (Å²) in [5.41, 5.74) is 0. The highest BCUT2D eigenvalue weighted by molar-refractivity contribution is 5.67. The number of carbonyl (C=O) groups is 1. The van der Waals surface area contributed by atoms with Crippen molar-refractivity contribution in [3.05, 3.63) is 24.3 Å². The summed E-state index contributed by atoms with van der Waals surface area (Å²) >= 11 is 0. The van der Waals surface area contributed by atoms with Crippen LogP contribution >= 0.6 is 0 Å². The first-order valence-corrected chi connectivity index (χ1v) is 22.3. The lowest BCUT2D eigenvalue weighted by molar-refractivity contribution is -0.0174. The fourth-order valence-electron chi connectivity index (χ4n) is 6.20. The van der Waals surface area contributed by atoms with Gasteiger partial charge in [0.05, 0.1) is 12.7 Å². The molecule has 2 N–H and O–H groups in total. The van der Waals surface area contributed by atoms with Crippen molar-refractivity contribution in [1.82, 2.24) is 10.6 Å². The van der Waals surface area contributed by atoms with Crippen molar-refractivity contribution in [1.29, 1.82) is 0 Å². The number of ether oxygens (including phenoxy) is 3. The van der Waals surface area contributed by atoms with Gasteiger partial charge in [0, 0.05) is 26.3 Å². The fraction of sp³-hybridized carbons (Fsp3) is 0.889. The van der Waals surface area contributed by atoms with E-state index >= 15 is 0 Å². The van der Waals surface area contributed by atoms with E-state index in [0.29, 0.717) is 32.9 Å². The van der Waals surface area contributed by atoms with Crippen molar-refractivity contribution in [2.75, 3.05) is 46.1 Å². The van der Waals surface area contributed by atoms with Gasteiger partial charge in [-0.2, -0.15) is 0 Å². The Bertz CT molecular complexity index is 729. The Morgan fingerprint density at radius 3 is 1.39 bits per heavy atom. The average Bonchev–Trinajstić information content (AvgIpc) is 3.14. The first kappa shape index (κ1) is 49.6. The molecule has 1 unspecified atom stereocenters. The summed E-state index contributed by atoms with van der Waals surface area (Å²) < 4.78 is 17.5. The lowest BCUT2D eigenvalue weighted by atomic mass is 10.1. The molecule has 0 bridgehead atoms. The summed E-state index contributed by atoms with van der Waals surface area (Å²) in [6, 6.07) is 0. The highest BCUT2D eigenvalue weighted by Gasteiger charge is 2.12. The van der Waals surface area contributed by atoms with Crippen molar-refractivity contribution >= 4 is 6.09 Å². The smallest absolute Gasteiger partial charge is 0.407 e. The van der Waals surface area contributed by atoms with Gasteiger partial charge in [-0.15, -0.1) is 0 Å². The van der Waals surface area contributed by atoms with Gasteiger partial charge in [0.15, 0.2) is 0 Å². The molecule has 0 rings (SSSR count). The highest BCUT2D eigenvalue weighted by Crippen LogP contribution is 2.12. The summed E-state index contributed by atoms with van der Waals surface area (Å²) in [7, 11) is 0. The maximum atomic E-state index is 12.2. The Labute approximate surface area is 318 Å². The number of alkyl carbamates (subject to hydrolysis) is 1. The minimum absolute atomic E-state index is 0.145. The van der Waals surface area contributed by atoms with E-state index in [9.17, 15) is 4.79 Å².